The summed E-state index contributed by atoms with van der Waals surface area (Å²) in [5, 5.41) is 2.00. The molecule has 0 saturated carbocycles. The van der Waals surface area contributed by atoms with E-state index in [1.807, 2.05) is 0 Å². The molecular weight excluding hydrogens is 559 g/mol. The normalized spacial score (nSPS) is 11.7. The molecule has 2 aromatic carbocycles. The first-order valence-corrected chi connectivity index (χ1v) is 19.4. The third-order valence-electron chi connectivity index (χ3n) is 8.98. The molecule has 2 rings (SSSR count). The van der Waals surface area contributed by atoms with Gasteiger partial charge in [-0.25, -0.2) is 8.42 Å². The van der Waals surface area contributed by atoms with Crippen molar-refractivity contribution in [2.45, 2.75) is 186 Å². The maximum absolute atomic E-state index is 11.9. The third kappa shape index (κ3) is 19.0. The van der Waals surface area contributed by atoms with E-state index in [2.05, 4.69) is 32.0 Å². The van der Waals surface area contributed by atoms with Gasteiger partial charge in [-0.3, -0.25) is 0 Å². The van der Waals surface area contributed by atoms with E-state index in [1.165, 1.54) is 140 Å². The monoisotopic (exact) mass is 622 g/mol. The number of fused-ring (bicyclic) bond motifs is 1. The van der Waals surface area contributed by atoms with Crippen LogP contribution in [0.1, 0.15) is 179 Å². The van der Waals surface area contributed by atoms with Gasteiger partial charge in [0.2, 0.25) is 0 Å². The Morgan fingerprint density at radius 3 is 1.33 bits per heavy atom. The maximum atomic E-state index is 11.9. The molecule has 240 valence electrons. The largest absolute Gasteiger partial charge is 1.00 e. The minimum absolute atomic E-state index is 0. The van der Waals surface area contributed by atoms with Gasteiger partial charge in [-0.2, -0.15) is 0 Å². The Morgan fingerprint density at radius 2 is 0.907 bits per heavy atom. The zero-order chi connectivity index (χ0) is 30.3. The molecule has 0 atom stereocenters. The van der Waals surface area contributed by atoms with Crippen molar-refractivity contribution < 1.29 is 42.5 Å². The smallest absolute Gasteiger partial charge is 0.744 e. The van der Waals surface area contributed by atoms with E-state index in [1.54, 1.807) is 12.1 Å². The van der Waals surface area contributed by atoms with E-state index >= 15 is 0 Å². The van der Waals surface area contributed by atoms with E-state index in [-0.39, 0.29) is 34.5 Å². The van der Waals surface area contributed by atoms with Gasteiger partial charge in [-0.15, -0.1) is 0 Å². The summed E-state index contributed by atoms with van der Waals surface area (Å²) >= 11 is 0. The summed E-state index contributed by atoms with van der Waals surface area (Å²) in [7, 11) is -4.48. The summed E-state index contributed by atoms with van der Waals surface area (Å²) < 4.78 is 35.8. The third-order valence-corrected chi connectivity index (χ3v) is 9.80. The average molecular weight is 623 g/mol. The average Bonchev–Trinajstić information content (AvgIpc) is 2.97. The quantitative estimate of drug-likeness (QED) is 0.0567. The zero-order valence-corrected chi connectivity index (χ0v) is 31.2. The van der Waals surface area contributed by atoms with Gasteiger partial charge in [0.05, 0.1) is 4.90 Å². The molecule has 0 aliphatic carbocycles. The SMILES string of the molecule is CCCCCCCCCCCCCCc1ccc2c(CCCCCCCCCCCCCC)cc(S(=O)(=O)[O-])cc2c1.[Na+]. The summed E-state index contributed by atoms with van der Waals surface area (Å²) in [5.74, 6) is 0. The Balaban J connectivity index is 0.00000924. The molecule has 0 fully saturated rings. The minimum atomic E-state index is -4.48. The van der Waals surface area contributed by atoms with Gasteiger partial charge in [-0.1, -0.05) is 173 Å². The van der Waals surface area contributed by atoms with Crippen LogP contribution < -0.4 is 29.6 Å². The van der Waals surface area contributed by atoms with Gasteiger partial charge in [0, 0.05) is 0 Å². The van der Waals surface area contributed by atoms with E-state index < -0.39 is 10.1 Å². The fraction of sp³-hybridized carbons (Fsp3) is 0.737. The van der Waals surface area contributed by atoms with Crippen molar-refractivity contribution in [1.82, 2.24) is 0 Å². The van der Waals surface area contributed by atoms with Crippen LogP contribution in [0, 0.1) is 0 Å². The summed E-state index contributed by atoms with van der Waals surface area (Å²) in [6, 6.07) is 9.71. The van der Waals surface area contributed by atoms with Gasteiger partial charge in [0.1, 0.15) is 10.1 Å². The van der Waals surface area contributed by atoms with Crippen molar-refractivity contribution in [3.63, 3.8) is 0 Å². The topological polar surface area (TPSA) is 57.2 Å². The van der Waals surface area contributed by atoms with Crippen LogP contribution in [-0.4, -0.2) is 13.0 Å². The molecular formula is C38H63NaO3S. The first-order chi connectivity index (χ1) is 20.5. The molecule has 0 bridgehead atoms. The molecule has 0 amide bonds. The second-order valence-corrected chi connectivity index (χ2v) is 14.2. The summed E-state index contributed by atoms with van der Waals surface area (Å²) in [4.78, 5) is -0.0774. The Labute approximate surface area is 288 Å². The van der Waals surface area contributed by atoms with Crippen LogP contribution in [0.15, 0.2) is 35.2 Å². The molecule has 0 aliphatic rings. The number of hydrogen-bond acceptors (Lipinski definition) is 3. The van der Waals surface area contributed by atoms with Gasteiger partial charge < -0.3 is 4.55 Å². The van der Waals surface area contributed by atoms with E-state index in [0.29, 0.717) is 0 Å². The fourth-order valence-corrected chi connectivity index (χ4v) is 6.86. The van der Waals surface area contributed by atoms with Gasteiger partial charge in [0.25, 0.3) is 0 Å². The molecule has 0 saturated heterocycles. The predicted molar refractivity (Wildman–Crippen MR) is 181 cm³/mol. The molecule has 3 nitrogen and oxygen atoms in total. The standard InChI is InChI=1S/C38H64O3S.Na/c1-3-5-7-9-11-13-15-17-19-21-23-25-27-34-29-30-38-35(32-37(42(39,40)41)33-36(38)31-34)28-26-24-22-20-18-16-14-12-10-8-6-4-2;/h29-33H,3-28H2,1-2H3,(H,39,40,41);/q;+1/p-1. The van der Waals surface area contributed by atoms with Crippen molar-refractivity contribution in [2.24, 2.45) is 0 Å². The Bertz CT molecular complexity index is 1070. The van der Waals surface area contributed by atoms with Crippen molar-refractivity contribution in [3.8, 4) is 0 Å². The van der Waals surface area contributed by atoms with Crippen LogP contribution in [0.4, 0.5) is 0 Å². The molecule has 43 heavy (non-hydrogen) atoms. The molecule has 5 heteroatoms. The van der Waals surface area contributed by atoms with Gasteiger partial charge in [-0.05, 0) is 59.7 Å². The summed E-state index contributed by atoms with van der Waals surface area (Å²) in [6.45, 7) is 4.54. The van der Waals surface area contributed by atoms with Crippen LogP contribution in [-0.2, 0) is 23.0 Å². The number of hydrogen-bond donors (Lipinski definition) is 0. The number of rotatable bonds is 27. The van der Waals surface area contributed by atoms with Crippen LogP contribution in [0.3, 0.4) is 0 Å². The molecule has 0 aromatic heterocycles. The molecule has 0 unspecified atom stereocenters. The Morgan fingerprint density at radius 1 is 0.512 bits per heavy atom. The van der Waals surface area contributed by atoms with Crippen LogP contribution in [0.25, 0.3) is 10.8 Å². The first kappa shape index (κ1) is 40.6. The van der Waals surface area contributed by atoms with Crippen molar-refractivity contribution in [3.05, 3.63) is 41.5 Å². The van der Waals surface area contributed by atoms with Gasteiger partial charge in [0.15, 0.2) is 0 Å². The molecule has 0 radical (unpaired) electrons. The van der Waals surface area contributed by atoms with E-state index in [4.69, 9.17) is 0 Å². The van der Waals surface area contributed by atoms with E-state index in [9.17, 15) is 13.0 Å². The van der Waals surface area contributed by atoms with Crippen molar-refractivity contribution in [1.29, 1.82) is 0 Å². The number of aryl methyl sites for hydroxylation is 2. The van der Waals surface area contributed by atoms with Crippen LogP contribution in [0.5, 0.6) is 0 Å². The fourth-order valence-electron chi connectivity index (χ4n) is 6.30. The maximum Gasteiger partial charge on any atom is 1.00 e. The first-order valence-electron chi connectivity index (χ1n) is 18.0. The number of unbranched alkanes of at least 4 members (excludes halogenated alkanes) is 22. The summed E-state index contributed by atoms with van der Waals surface area (Å²) in [5.41, 5.74) is 2.25. The van der Waals surface area contributed by atoms with Crippen molar-refractivity contribution in [2.75, 3.05) is 0 Å². The predicted octanol–water partition coefficient (Wildman–Crippen LogP) is 9.24. The molecule has 0 heterocycles. The van der Waals surface area contributed by atoms with Crippen molar-refractivity contribution >= 4 is 20.9 Å². The Kier molecular flexibility index (Phi) is 24.3. The second-order valence-electron chi connectivity index (χ2n) is 12.9. The van der Waals surface area contributed by atoms with Crippen LogP contribution >= 0.6 is 0 Å². The zero-order valence-electron chi connectivity index (χ0n) is 28.4. The van der Waals surface area contributed by atoms with E-state index in [0.717, 1.165) is 48.4 Å². The molecule has 0 N–H and O–H groups in total. The van der Waals surface area contributed by atoms with Gasteiger partial charge >= 0.3 is 29.6 Å². The summed E-state index contributed by atoms with van der Waals surface area (Å²) in [6.07, 6.45) is 33.5. The minimum Gasteiger partial charge on any atom is -0.744 e. The molecule has 0 aliphatic heterocycles. The number of benzene rings is 2. The second kappa shape index (κ2) is 25.8. The molecule has 2 aromatic rings. The molecule has 0 spiro atoms. The van der Waals surface area contributed by atoms with Crippen LogP contribution in [0.2, 0.25) is 0 Å². The Hall–Kier alpha value is -0.390.